The van der Waals surface area contributed by atoms with Crippen molar-refractivity contribution >= 4 is 27.7 Å². The van der Waals surface area contributed by atoms with Crippen LogP contribution in [0.3, 0.4) is 0 Å². The molecule has 4 nitrogen and oxygen atoms in total. The maximum Gasteiger partial charge on any atom is 0.377 e. The number of carbonyl (C=O) groups excluding carboxylic acids is 1. The van der Waals surface area contributed by atoms with Gasteiger partial charge in [0.1, 0.15) is 5.75 Å². The largest absolute Gasteiger partial charge is 0.506 e. The lowest BCUT2D eigenvalue weighted by Crippen LogP contribution is -2.13. The van der Waals surface area contributed by atoms with Gasteiger partial charge in [0.2, 0.25) is 0 Å². The lowest BCUT2D eigenvalue weighted by Gasteiger charge is -2.09. The molecule has 80 valence electrons. The zero-order chi connectivity index (χ0) is 11.7. The first kappa shape index (κ1) is 11.7. The van der Waals surface area contributed by atoms with Crippen molar-refractivity contribution < 1.29 is 19.8 Å². The SMILES string of the molecule is Cc1cc(C(=O)C(=O)O)c(O)c(Br)c1C. The molecule has 0 aliphatic heterocycles. The summed E-state index contributed by atoms with van der Waals surface area (Å²) in [6.45, 7) is 3.49. The first-order chi connectivity index (χ1) is 6.86. The summed E-state index contributed by atoms with van der Waals surface area (Å²) in [7, 11) is 0. The molecular weight excluding hydrogens is 264 g/mol. The van der Waals surface area contributed by atoms with E-state index in [0.29, 0.717) is 4.47 Å². The number of benzene rings is 1. The van der Waals surface area contributed by atoms with Gasteiger partial charge in [-0.05, 0) is 47.0 Å². The third-order valence-electron chi connectivity index (χ3n) is 2.18. The molecule has 0 amide bonds. The molecule has 0 aliphatic rings. The first-order valence-electron chi connectivity index (χ1n) is 4.12. The summed E-state index contributed by atoms with van der Waals surface area (Å²) in [6, 6.07) is 1.37. The van der Waals surface area contributed by atoms with Gasteiger partial charge in [0.15, 0.2) is 0 Å². The maximum absolute atomic E-state index is 11.2. The highest BCUT2D eigenvalue weighted by atomic mass is 79.9. The van der Waals surface area contributed by atoms with Gasteiger partial charge in [0.05, 0.1) is 10.0 Å². The van der Waals surface area contributed by atoms with Gasteiger partial charge in [0, 0.05) is 0 Å². The van der Waals surface area contributed by atoms with E-state index in [-0.39, 0.29) is 11.3 Å². The molecule has 0 atom stereocenters. The van der Waals surface area contributed by atoms with Crippen LogP contribution in [0, 0.1) is 13.8 Å². The van der Waals surface area contributed by atoms with E-state index in [2.05, 4.69) is 15.9 Å². The van der Waals surface area contributed by atoms with Crippen molar-refractivity contribution in [2.75, 3.05) is 0 Å². The number of hydrogen-bond donors (Lipinski definition) is 2. The minimum absolute atomic E-state index is 0.197. The molecule has 1 rings (SSSR count). The predicted molar refractivity (Wildman–Crippen MR) is 57.2 cm³/mol. The lowest BCUT2D eigenvalue weighted by atomic mass is 10.0. The van der Waals surface area contributed by atoms with Crippen molar-refractivity contribution in [3.05, 3.63) is 27.2 Å². The third-order valence-corrected chi connectivity index (χ3v) is 3.15. The van der Waals surface area contributed by atoms with Crippen molar-refractivity contribution in [3.63, 3.8) is 0 Å². The van der Waals surface area contributed by atoms with Crippen molar-refractivity contribution in [2.24, 2.45) is 0 Å². The minimum Gasteiger partial charge on any atom is -0.506 e. The van der Waals surface area contributed by atoms with E-state index in [4.69, 9.17) is 5.11 Å². The second-order valence-electron chi connectivity index (χ2n) is 3.16. The molecule has 1 aromatic carbocycles. The van der Waals surface area contributed by atoms with Gasteiger partial charge in [0.25, 0.3) is 5.78 Å². The van der Waals surface area contributed by atoms with E-state index < -0.39 is 11.8 Å². The zero-order valence-corrected chi connectivity index (χ0v) is 9.75. The number of carbonyl (C=O) groups is 2. The van der Waals surface area contributed by atoms with Crippen molar-refractivity contribution in [3.8, 4) is 5.75 Å². The van der Waals surface area contributed by atoms with Gasteiger partial charge in [-0.1, -0.05) is 0 Å². The van der Waals surface area contributed by atoms with E-state index in [0.717, 1.165) is 11.1 Å². The molecule has 15 heavy (non-hydrogen) atoms. The van der Waals surface area contributed by atoms with Gasteiger partial charge in [-0.25, -0.2) is 4.79 Å². The fourth-order valence-electron chi connectivity index (χ4n) is 1.15. The molecule has 0 unspecified atom stereocenters. The maximum atomic E-state index is 11.2. The number of Topliss-reactive ketones (excluding diaryl/α,β-unsaturated/α-hetero) is 1. The summed E-state index contributed by atoms with van der Waals surface area (Å²) < 4.78 is 0.354. The quantitative estimate of drug-likeness (QED) is 0.638. The van der Waals surface area contributed by atoms with Crippen LogP contribution in [-0.2, 0) is 4.79 Å². The van der Waals surface area contributed by atoms with Crippen molar-refractivity contribution in [1.82, 2.24) is 0 Å². The van der Waals surface area contributed by atoms with Gasteiger partial charge >= 0.3 is 5.97 Å². The summed E-state index contributed by atoms with van der Waals surface area (Å²) in [6.07, 6.45) is 0. The van der Waals surface area contributed by atoms with Crippen LogP contribution in [0.15, 0.2) is 10.5 Å². The highest BCUT2D eigenvalue weighted by Gasteiger charge is 2.21. The number of aryl methyl sites for hydroxylation is 1. The second-order valence-corrected chi connectivity index (χ2v) is 3.96. The molecule has 0 heterocycles. The lowest BCUT2D eigenvalue weighted by molar-refractivity contribution is -0.131. The number of rotatable bonds is 2. The van der Waals surface area contributed by atoms with Crippen LogP contribution in [0.4, 0.5) is 0 Å². The van der Waals surface area contributed by atoms with Crippen molar-refractivity contribution in [1.29, 1.82) is 0 Å². The van der Waals surface area contributed by atoms with Crippen LogP contribution in [0.2, 0.25) is 0 Å². The Morgan fingerprint density at radius 1 is 1.33 bits per heavy atom. The standard InChI is InChI=1S/C10H9BrO4/c1-4-3-6(9(13)10(14)15)8(12)7(11)5(4)2/h3,12H,1-2H3,(H,14,15). The molecule has 5 heteroatoms. The number of carboxylic acids is 1. The highest BCUT2D eigenvalue weighted by molar-refractivity contribution is 9.10. The fourth-order valence-corrected chi connectivity index (χ4v) is 1.68. The average molecular weight is 273 g/mol. The van der Waals surface area contributed by atoms with E-state index in [1.165, 1.54) is 6.07 Å². The Labute approximate surface area is 94.7 Å². The van der Waals surface area contributed by atoms with E-state index in [1.54, 1.807) is 13.8 Å². The second kappa shape index (κ2) is 4.02. The number of phenols is 1. The van der Waals surface area contributed by atoms with Gasteiger partial charge in [-0.15, -0.1) is 0 Å². The molecule has 0 saturated heterocycles. The fraction of sp³-hybridized carbons (Fsp3) is 0.200. The summed E-state index contributed by atoms with van der Waals surface area (Å²) in [5.41, 5.74) is 1.32. The van der Waals surface area contributed by atoms with Gasteiger partial charge in [-0.2, -0.15) is 0 Å². The molecule has 0 bridgehead atoms. The summed E-state index contributed by atoms with van der Waals surface area (Å²) in [5.74, 6) is -3.03. The predicted octanol–water partition coefficient (Wildman–Crippen LogP) is 2.04. The van der Waals surface area contributed by atoms with E-state index >= 15 is 0 Å². The Morgan fingerprint density at radius 3 is 2.33 bits per heavy atom. The minimum atomic E-state index is -1.58. The third kappa shape index (κ3) is 2.02. The number of carboxylic acid groups (broad SMARTS) is 1. The number of halogens is 1. The normalized spacial score (nSPS) is 10.1. The molecule has 0 aromatic heterocycles. The number of ketones is 1. The summed E-state index contributed by atoms with van der Waals surface area (Å²) in [5, 5.41) is 18.1. The van der Waals surface area contributed by atoms with Crippen LogP contribution < -0.4 is 0 Å². The smallest absolute Gasteiger partial charge is 0.377 e. The number of hydrogen-bond acceptors (Lipinski definition) is 3. The average Bonchev–Trinajstić information content (AvgIpc) is 2.19. The Bertz CT molecular complexity index is 451. The molecule has 0 aliphatic carbocycles. The number of phenolic OH excluding ortho intramolecular Hbond substituents is 1. The summed E-state index contributed by atoms with van der Waals surface area (Å²) in [4.78, 5) is 21.7. The molecule has 2 N–H and O–H groups in total. The van der Waals surface area contributed by atoms with Crippen LogP contribution >= 0.6 is 15.9 Å². The Morgan fingerprint density at radius 2 is 1.87 bits per heavy atom. The Balaban J connectivity index is 3.45. The molecule has 0 spiro atoms. The van der Waals surface area contributed by atoms with Crippen molar-refractivity contribution in [2.45, 2.75) is 13.8 Å². The van der Waals surface area contributed by atoms with Crippen LogP contribution in [0.25, 0.3) is 0 Å². The van der Waals surface area contributed by atoms with E-state index in [9.17, 15) is 14.7 Å². The number of aliphatic carboxylic acids is 1. The molecule has 0 saturated carbocycles. The zero-order valence-electron chi connectivity index (χ0n) is 8.17. The van der Waals surface area contributed by atoms with Crippen LogP contribution in [-0.4, -0.2) is 22.0 Å². The van der Waals surface area contributed by atoms with Crippen LogP contribution in [0.5, 0.6) is 5.75 Å². The Hall–Kier alpha value is -1.36. The number of aromatic hydroxyl groups is 1. The van der Waals surface area contributed by atoms with Gasteiger partial charge < -0.3 is 10.2 Å². The monoisotopic (exact) mass is 272 g/mol. The summed E-state index contributed by atoms with van der Waals surface area (Å²) >= 11 is 3.10. The molecule has 0 radical (unpaired) electrons. The topological polar surface area (TPSA) is 74.6 Å². The van der Waals surface area contributed by atoms with Crippen LogP contribution in [0.1, 0.15) is 21.5 Å². The highest BCUT2D eigenvalue weighted by Crippen LogP contribution is 2.33. The molecule has 0 fully saturated rings. The van der Waals surface area contributed by atoms with E-state index in [1.807, 2.05) is 0 Å². The Kier molecular flexibility index (Phi) is 3.14. The first-order valence-corrected chi connectivity index (χ1v) is 4.91. The van der Waals surface area contributed by atoms with Gasteiger partial charge in [-0.3, -0.25) is 4.79 Å². The molecular formula is C10H9BrO4. The molecule has 1 aromatic rings.